The zero-order chi connectivity index (χ0) is 13.9. The van der Waals surface area contributed by atoms with Gasteiger partial charge < -0.3 is 5.32 Å². The standard InChI is InChI=1S/C15H15ClN2OS/c16-11-7-5-10(6-8-11)13(19)9-17-15-18-12-3-1-2-4-14(12)20-15/h5-8H,1-4,9H2,(H,17,18). The maximum Gasteiger partial charge on any atom is 0.183 e. The van der Waals surface area contributed by atoms with E-state index in [2.05, 4.69) is 10.3 Å². The van der Waals surface area contributed by atoms with Gasteiger partial charge in [-0.1, -0.05) is 11.6 Å². The molecule has 0 aliphatic heterocycles. The number of ketones is 1. The minimum absolute atomic E-state index is 0.0508. The molecule has 1 aliphatic carbocycles. The third-order valence-corrected chi connectivity index (χ3v) is 4.78. The number of thiazole rings is 1. The highest BCUT2D eigenvalue weighted by atomic mass is 35.5. The molecule has 3 rings (SSSR count). The van der Waals surface area contributed by atoms with Crippen molar-refractivity contribution < 1.29 is 4.79 Å². The third kappa shape index (κ3) is 3.02. The Bertz CT molecular complexity index is 598. The van der Waals surface area contributed by atoms with Crippen LogP contribution in [0.5, 0.6) is 0 Å². The van der Waals surface area contributed by atoms with Crippen LogP contribution in [0.4, 0.5) is 5.13 Å². The van der Waals surface area contributed by atoms with Gasteiger partial charge >= 0.3 is 0 Å². The van der Waals surface area contributed by atoms with E-state index < -0.39 is 0 Å². The normalized spacial score (nSPS) is 13.8. The molecule has 1 N–H and O–H groups in total. The maximum atomic E-state index is 12.0. The number of carbonyl (C=O) groups is 1. The molecular weight excluding hydrogens is 292 g/mol. The highest BCUT2D eigenvalue weighted by molar-refractivity contribution is 7.15. The van der Waals surface area contributed by atoms with Crippen LogP contribution in [0, 0.1) is 0 Å². The first-order valence-corrected chi connectivity index (χ1v) is 7.93. The monoisotopic (exact) mass is 306 g/mol. The van der Waals surface area contributed by atoms with Crippen molar-refractivity contribution >= 4 is 33.9 Å². The lowest BCUT2D eigenvalue weighted by atomic mass is 10.0. The van der Waals surface area contributed by atoms with Crippen LogP contribution in [-0.2, 0) is 12.8 Å². The molecule has 2 aromatic rings. The second-order valence-electron chi connectivity index (χ2n) is 4.88. The summed E-state index contributed by atoms with van der Waals surface area (Å²) in [5, 5.41) is 4.64. The predicted octanol–water partition coefficient (Wildman–Crippen LogP) is 3.97. The Hall–Kier alpha value is -1.39. The quantitative estimate of drug-likeness (QED) is 0.869. The number of fused-ring (bicyclic) bond motifs is 1. The first-order valence-electron chi connectivity index (χ1n) is 6.73. The van der Waals surface area contributed by atoms with Crippen molar-refractivity contribution in [2.75, 3.05) is 11.9 Å². The number of aryl methyl sites for hydroxylation is 2. The van der Waals surface area contributed by atoms with Crippen LogP contribution in [0.2, 0.25) is 5.02 Å². The molecule has 0 atom stereocenters. The average molecular weight is 307 g/mol. The molecular formula is C15H15ClN2OS. The topological polar surface area (TPSA) is 42.0 Å². The fourth-order valence-corrected chi connectivity index (χ4v) is 3.49. The summed E-state index contributed by atoms with van der Waals surface area (Å²) in [6.45, 7) is 0.272. The Kier molecular flexibility index (Phi) is 4.03. The maximum absolute atomic E-state index is 12.0. The number of hydrogen-bond acceptors (Lipinski definition) is 4. The van der Waals surface area contributed by atoms with Crippen molar-refractivity contribution in [3.05, 3.63) is 45.4 Å². The van der Waals surface area contributed by atoms with Crippen molar-refractivity contribution in [2.24, 2.45) is 0 Å². The lowest BCUT2D eigenvalue weighted by Crippen LogP contribution is -2.13. The van der Waals surface area contributed by atoms with Crippen molar-refractivity contribution in [1.29, 1.82) is 0 Å². The molecule has 0 unspecified atom stereocenters. The number of benzene rings is 1. The molecule has 1 aromatic carbocycles. The van der Waals surface area contributed by atoms with E-state index in [1.165, 1.54) is 23.4 Å². The Balaban J connectivity index is 1.63. The molecule has 5 heteroatoms. The van der Waals surface area contributed by atoms with E-state index in [9.17, 15) is 4.79 Å². The lowest BCUT2D eigenvalue weighted by Gasteiger charge is -2.06. The Morgan fingerprint density at radius 2 is 2.00 bits per heavy atom. The molecule has 1 aliphatic rings. The van der Waals surface area contributed by atoms with Gasteiger partial charge in [-0.05, 0) is 49.9 Å². The van der Waals surface area contributed by atoms with E-state index in [1.54, 1.807) is 35.6 Å². The number of halogens is 1. The van der Waals surface area contributed by atoms with E-state index in [1.807, 2.05) is 0 Å². The summed E-state index contributed by atoms with van der Waals surface area (Å²) < 4.78 is 0. The summed E-state index contributed by atoms with van der Waals surface area (Å²) in [6, 6.07) is 6.96. The van der Waals surface area contributed by atoms with Crippen LogP contribution < -0.4 is 5.32 Å². The van der Waals surface area contributed by atoms with Gasteiger partial charge in [-0.15, -0.1) is 11.3 Å². The molecule has 1 heterocycles. The van der Waals surface area contributed by atoms with Crippen LogP contribution in [-0.4, -0.2) is 17.3 Å². The van der Waals surface area contributed by atoms with Crippen molar-refractivity contribution in [3.8, 4) is 0 Å². The van der Waals surface area contributed by atoms with E-state index in [4.69, 9.17) is 11.6 Å². The zero-order valence-electron chi connectivity index (χ0n) is 11.0. The Labute approximate surface area is 127 Å². The van der Waals surface area contributed by atoms with Crippen LogP contribution in [0.25, 0.3) is 0 Å². The van der Waals surface area contributed by atoms with E-state index >= 15 is 0 Å². The smallest absolute Gasteiger partial charge is 0.183 e. The molecule has 104 valence electrons. The molecule has 1 aromatic heterocycles. The van der Waals surface area contributed by atoms with Gasteiger partial charge in [-0.25, -0.2) is 4.98 Å². The van der Waals surface area contributed by atoms with Crippen LogP contribution >= 0.6 is 22.9 Å². The van der Waals surface area contributed by atoms with Crippen LogP contribution in [0.1, 0.15) is 33.8 Å². The second kappa shape index (κ2) is 5.94. The van der Waals surface area contributed by atoms with Gasteiger partial charge in [0.25, 0.3) is 0 Å². The summed E-state index contributed by atoms with van der Waals surface area (Å²) in [5.41, 5.74) is 1.88. The number of Topliss-reactive ketones (excluding diaryl/α,β-unsaturated/α-hetero) is 1. The van der Waals surface area contributed by atoms with Gasteiger partial charge in [-0.2, -0.15) is 0 Å². The summed E-state index contributed by atoms with van der Waals surface area (Å²) in [4.78, 5) is 18.0. The summed E-state index contributed by atoms with van der Waals surface area (Å²) in [5.74, 6) is 0.0508. The van der Waals surface area contributed by atoms with Crippen molar-refractivity contribution in [1.82, 2.24) is 4.98 Å². The lowest BCUT2D eigenvalue weighted by molar-refractivity contribution is 0.101. The SMILES string of the molecule is O=C(CNc1nc2c(s1)CCCC2)c1ccc(Cl)cc1. The first-order chi connectivity index (χ1) is 9.72. The predicted molar refractivity (Wildman–Crippen MR) is 83.0 cm³/mol. The van der Waals surface area contributed by atoms with E-state index in [-0.39, 0.29) is 12.3 Å². The number of nitrogens with zero attached hydrogens (tertiary/aromatic N) is 1. The highest BCUT2D eigenvalue weighted by Crippen LogP contribution is 2.29. The number of aromatic nitrogens is 1. The van der Waals surface area contributed by atoms with Crippen LogP contribution in [0.3, 0.4) is 0 Å². The van der Waals surface area contributed by atoms with Gasteiger partial charge in [0, 0.05) is 15.5 Å². The molecule has 0 fully saturated rings. The zero-order valence-corrected chi connectivity index (χ0v) is 12.6. The second-order valence-corrected chi connectivity index (χ2v) is 6.40. The number of carbonyl (C=O) groups excluding carboxylic acids is 1. The third-order valence-electron chi connectivity index (χ3n) is 3.41. The van der Waals surface area contributed by atoms with E-state index in [0.717, 1.165) is 18.0 Å². The fourth-order valence-electron chi connectivity index (χ4n) is 2.32. The fraction of sp³-hybridized carbons (Fsp3) is 0.333. The number of nitrogens with one attached hydrogen (secondary N) is 1. The molecule has 0 bridgehead atoms. The van der Waals surface area contributed by atoms with Gasteiger partial charge in [0.15, 0.2) is 10.9 Å². The summed E-state index contributed by atoms with van der Waals surface area (Å²) in [6.07, 6.45) is 4.66. The molecule has 0 spiro atoms. The van der Waals surface area contributed by atoms with Crippen LogP contribution in [0.15, 0.2) is 24.3 Å². The van der Waals surface area contributed by atoms with Crippen molar-refractivity contribution in [3.63, 3.8) is 0 Å². The van der Waals surface area contributed by atoms with Gasteiger partial charge in [0.05, 0.1) is 12.2 Å². The number of anilines is 1. The largest absolute Gasteiger partial charge is 0.354 e. The van der Waals surface area contributed by atoms with Gasteiger partial charge in [0.1, 0.15) is 0 Å². The molecule has 0 saturated carbocycles. The summed E-state index contributed by atoms with van der Waals surface area (Å²) in [7, 11) is 0. The number of rotatable bonds is 4. The highest BCUT2D eigenvalue weighted by Gasteiger charge is 2.15. The minimum Gasteiger partial charge on any atom is -0.354 e. The summed E-state index contributed by atoms with van der Waals surface area (Å²) >= 11 is 7.49. The van der Waals surface area contributed by atoms with E-state index in [0.29, 0.717) is 10.6 Å². The average Bonchev–Trinajstić information content (AvgIpc) is 2.88. The minimum atomic E-state index is 0.0508. The molecule has 3 nitrogen and oxygen atoms in total. The molecule has 20 heavy (non-hydrogen) atoms. The molecule has 0 amide bonds. The van der Waals surface area contributed by atoms with Crippen molar-refractivity contribution in [2.45, 2.75) is 25.7 Å². The van der Waals surface area contributed by atoms with Gasteiger partial charge in [-0.3, -0.25) is 4.79 Å². The van der Waals surface area contributed by atoms with Gasteiger partial charge in [0.2, 0.25) is 0 Å². The Morgan fingerprint density at radius 1 is 1.25 bits per heavy atom. The molecule has 0 radical (unpaired) electrons. The Morgan fingerprint density at radius 3 is 2.75 bits per heavy atom. The first kappa shape index (κ1) is 13.6. The number of hydrogen-bond donors (Lipinski definition) is 1. The molecule has 0 saturated heterocycles.